The molecule has 1 heterocycles. The number of carbonyl (C=O) groups excluding carboxylic acids is 1. The van der Waals surface area contributed by atoms with E-state index in [9.17, 15) is 4.79 Å². The topological polar surface area (TPSA) is 35.6 Å². The van der Waals surface area contributed by atoms with Crippen molar-refractivity contribution in [2.45, 2.75) is 20.3 Å². The number of nitrogens with one attached hydrogen (secondary N) is 1. The van der Waals surface area contributed by atoms with E-state index < -0.39 is 0 Å². The van der Waals surface area contributed by atoms with Crippen LogP contribution in [0.1, 0.15) is 19.4 Å². The maximum atomic E-state index is 12.1. The van der Waals surface area contributed by atoms with Crippen LogP contribution in [0.3, 0.4) is 0 Å². The Morgan fingerprint density at radius 1 is 1.10 bits per heavy atom. The van der Waals surface area contributed by atoms with Crippen molar-refractivity contribution in [1.29, 1.82) is 0 Å². The molecule has 20 heavy (non-hydrogen) atoms. The molecule has 1 aromatic carbocycles. The molecule has 0 bridgehead atoms. The molecule has 0 radical (unpaired) electrons. The molecule has 1 aliphatic rings. The molecule has 1 aromatic rings. The van der Waals surface area contributed by atoms with E-state index in [1.807, 2.05) is 17.0 Å². The number of carbonyl (C=O) groups is 1. The van der Waals surface area contributed by atoms with Crippen molar-refractivity contribution in [3.05, 3.63) is 29.8 Å². The molecule has 1 amide bonds. The predicted octanol–water partition coefficient (Wildman–Crippen LogP) is 1.82. The third-order valence-corrected chi connectivity index (χ3v) is 3.98. The average molecular weight is 275 g/mol. The normalized spacial score (nSPS) is 16.2. The van der Waals surface area contributed by atoms with Gasteiger partial charge in [0.05, 0.1) is 6.54 Å². The monoisotopic (exact) mass is 275 g/mol. The van der Waals surface area contributed by atoms with Gasteiger partial charge in [-0.25, -0.2) is 0 Å². The van der Waals surface area contributed by atoms with Gasteiger partial charge in [0, 0.05) is 31.9 Å². The van der Waals surface area contributed by atoms with Crippen LogP contribution in [0.4, 0.5) is 5.69 Å². The number of rotatable bonds is 5. The van der Waals surface area contributed by atoms with Crippen LogP contribution in [0, 0.1) is 0 Å². The van der Waals surface area contributed by atoms with Gasteiger partial charge in [-0.15, -0.1) is 0 Å². The fraction of sp³-hybridized carbons (Fsp3) is 0.562. The second-order valence-corrected chi connectivity index (χ2v) is 5.22. The van der Waals surface area contributed by atoms with E-state index in [0.29, 0.717) is 6.54 Å². The Kier molecular flexibility index (Phi) is 5.41. The summed E-state index contributed by atoms with van der Waals surface area (Å²) >= 11 is 0. The molecule has 0 unspecified atom stereocenters. The van der Waals surface area contributed by atoms with Crippen LogP contribution < -0.4 is 5.32 Å². The summed E-state index contributed by atoms with van der Waals surface area (Å²) in [5, 5.41) is 3.21. The van der Waals surface area contributed by atoms with E-state index in [2.05, 4.69) is 36.2 Å². The smallest absolute Gasteiger partial charge is 0.241 e. The molecule has 4 heteroatoms. The number of nitrogens with zero attached hydrogens (tertiary/aromatic N) is 2. The van der Waals surface area contributed by atoms with E-state index in [-0.39, 0.29) is 5.91 Å². The Bertz CT molecular complexity index is 422. The molecule has 1 fully saturated rings. The fourth-order valence-electron chi connectivity index (χ4n) is 2.46. The zero-order valence-electron chi connectivity index (χ0n) is 12.6. The van der Waals surface area contributed by atoms with E-state index in [4.69, 9.17) is 0 Å². The van der Waals surface area contributed by atoms with Gasteiger partial charge in [-0.05, 0) is 30.7 Å². The van der Waals surface area contributed by atoms with Crippen LogP contribution in [0.2, 0.25) is 0 Å². The average Bonchev–Trinajstić information content (AvgIpc) is 2.53. The first kappa shape index (κ1) is 14.9. The SMILES string of the molecule is CCc1ccc(NCC(=O)N2CCN(CC)CC2)cc1. The maximum absolute atomic E-state index is 12.1. The van der Waals surface area contributed by atoms with Gasteiger partial charge in [-0.1, -0.05) is 26.0 Å². The van der Waals surface area contributed by atoms with Crippen molar-refractivity contribution in [3.8, 4) is 0 Å². The lowest BCUT2D eigenvalue weighted by Gasteiger charge is -2.34. The van der Waals surface area contributed by atoms with Gasteiger partial charge in [0.25, 0.3) is 0 Å². The van der Waals surface area contributed by atoms with Gasteiger partial charge in [-0.2, -0.15) is 0 Å². The number of likely N-dealkylation sites (N-methyl/N-ethyl adjacent to an activating group) is 1. The lowest BCUT2D eigenvalue weighted by atomic mass is 10.1. The predicted molar refractivity (Wildman–Crippen MR) is 83.0 cm³/mol. The Labute approximate surface area is 121 Å². The zero-order valence-corrected chi connectivity index (χ0v) is 12.6. The van der Waals surface area contributed by atoms with Gasteiger partial charge >= 0.3 is 0 Å². The first-order chi connectivity index (χ1) is 9.72. The summed E-state index contributed by atoms with van der Waals surface area (Å²) in [6, 6.07) is 8.29. The zero-order chi connectivity index (χ0) is 14.4. The Hall–Kier alpha value is -1.55. The van der Waals surface area contributed by atoms with Crippen molar-refractivity contribution in [1.82, 2.24) is 9.80 Å². The molecule has 0 atom stereocenters. The molecule has 4 nitrogen and oxygen atoms in total. The summed E-state index contributed by atoms with van der Waals surface area (Å²) in [6.07, 6.45) is 1.04. The highest BCUT2D eigenvalue weighted by Gasteiger charge is 2.19. The number of benzene rings is 1. The number of piperazine rings is 1. The highest BCUT2D eigenvalue weighted by molar-refractivity contribution is 5.81. The van der Waals surface area contributed by atoms with Crippen molar-refractivity contribution in [3.63, 3.8) is 0 Å². The Morgan fingerprint density at radius 2 is 1.75 bits per heavy atom. The van der Waals surface area contributed by atoms with Crippen molar-refractivity contribution in [2.24, 2.45) is 0 Å². The lowest BCUT2D eigenvalue weighted by molar-refractivity contribution is -0.131. The highest BCUT2D eigenvalue weighted by Crippen LogP contribution is 2.10. The molecular weight excluding hydrogens is 250 g/mol. The van der Waals surface area contributed by atoms with E-state index >= 15 is 0 Å². The van der Waals surface area contributed by atoms with Crippen LogP contribution >= 0.6 is 0 Å². The largest absolute Gasteiger partial charge is 0.376 e. The number of aryl methyl sites for hydroxylation is 1. The van der Waals surface area contributed by atoms with Crippen LogP contribution in [-0.2, 0) is 11.2 Å². The van der Waals surface area contributed by atoms with Gasteiger partial charge in [0.2, 0.25) is 5.91 Å². The number of amides is 1. The number of hydrogen-bond donors (Lipinski definition) is 1. The second kappa shape index (κ2) is 7.29. The minimum absolute atomic E-state index is 0.195. The lowest BCUT2D eigenvalue weighted by Crippen LogP contribution is -2.49. The minimum atomic E-state index is 0.195. The van der Waals surface area contributed by atoms with Gasteiger partial charge in [-0.3, -0.25) is 4.79 Å². The van der Waals surface area contributed by atoms with Crippen LogP contribution in [0.15, 0.2) is 24.3 Å². The third kappa shape index (κ3) is 3.97. The summed E-state index contributed by atoms with van der Waals surface area (Å²) in [7, 11) is 0. The van der Waals surface area contributed by atoms with E-state index in [1.54, 1.807) is 0 Å². The molecule has 1 saturated heterocycles. The first-order valence-corrected chi connectivity index (χ1v) is 7.56. The third-order valence-electron chi connectivity index (χ3n) is 3.98. The van der Waals surface area contributed by atoms with Crippen molar-refractivity contribution >= 4 is 11.6 Å². The molecular formula is C16H25N3O. The summed E-state index contributed by atoms with van der Waals surface area (Å²) in [6.45, 7) is 9.45. The molecule has 0 spiro atoms. The van der Waals surface area contributed by atoms with Crippen LogP contribution in [0.25, 0.3) is 0 Å². The number of hydrogen-bond acceptors (Lipinski definition) is 3. The Morgan fingerprint density at radius 3 is 2.30 bits per heavy atom. The highest BCUT2D eigenvalue weighted by atomic mass is 16.2. The second-order valence-electron chi connectivity index (χ2n) is 5.22. The van der Waals surface area contributed by atoms with E-state index in [0.717, 1.165) is 44.8 Å². The summed E-state index contributed by atoms with van der Waals surface area (Å²) in [5.41, 5.74) is 2.33. The van der Waals surface area contributed by atoms with Gasteiger partial charge in [0.15, 0.2) is 0 Å². The molecule has 2 rings (SSSR count). The minimum Gasteiger partial charge on any atom is -0.376 e. The van der Waals surface area contributed by atoms with Crippen molar-refractivity contribution < 1.29 is 4.79 Å². The van der Waals surface area contributed by atoms with Crippen LogP contribution in [-0.4, -0.2) is 55.0 Å². The van der Waals surface area contributed by atoms with E-state index in [1.165, 1.54) is 5.56 Å². The fourth-order valence-corrected chi connectivity index (χ4v) is 2.46. The number of anilines is 1. The Balaban J connectivity index is 1.77. The quantitative estimate of drug-likeness (QED) is 0.890. The summed E-state index contributed by atoms with van der Waals surface area (Å²) in [4.78, 5) is 16.5. The molecule has 1 N–H and O–H groups in total. The molecule has 0 saturated carbocycles. The molecule has 0 aliphatic carbocycles. The standard InChI is InChI=1S/C16H25N3O/c1-3-14-5-7-15(8-6-14)17-13-16(20)19-11-9-18(4-2)10-12-19/h5-8,17H,3-4,9-13H2,1-2H3. The molecule has 0 aromatic heterocycles. The molecule has 1 aliphatic heterocycles. The van der Waals surface area contributed by atoms with Crippen molar-refractivity contribution in [2.75, 3.05) is 44.6 Å². The maximum Gasteiger partial charge on any atom is 0.241 e. The van der Waals surface area contributed by atoms with Crippen LogP contribution in [0.5, 0.6) is 0 Å². The van der Waals surface area contributed by atoms with Gasteiger partial charge in [0.1, 0.15) is 0 Å². The first-order valence-electron chi connectivity index (χ1n) is 7.56. The summed E-state index contributed by atoms with van der Waals surface area (Å²) in [5.74, 6) is 0.195. The summed E-state index contributed by atoms with van der Waals surface area (Å²) < 4.78 is 0. The van der Waals surface area contributed by atoms with Gasteiger partial charge < -0.3 is 15.1 Å². The molecule has 110 valence electrons.